The van der Waals surface area contributed by atoms with Crippen LogP contribution in [0.4, 0.5) is 0 Å². The third kappa shape index (κ3) is 4.06. The highest BCUT2D eigenvalue weighted by atomic mass is 16.5. The third-order valence-electron chi connectivity index (χ3n) is 2.10. The van der Waals surface area contributed by atoms with Crippen molar-refractivity contribution < 1.29 is 14.3 Å². The molecule has 0 saturated heterocycles. The van der Waals surface area contributed by atoms with Gasteiger partial charge in [-0.05, 0) is 6.42 Å². The van der Waals surface area contributed by atoms with Crippen molar-refractivity contribution >= 4 is 11.8 Å². The molecule has 0 N–H and O–H groups in total. The van der Waals surface area contributed by atoms with Gasteiger partial charge < -0.3 is 4.74 Å². The number of Topliss-reactive ketones (excluding diaryl/α,β-unsaturated/α-hetero) is 1. The molecule has 13 heavy (non-hydrogen) atoms. The normalized spacial score (nSPS) is 12.7. The summed E-state index contributed by atoms with van der Waals surface area (Å²) in [5.74, 6) is -0.337. The van der Waals surface area contributed by atoms with Crippen molar-refractivity contribution in [2.75, 3.05) is 7.11 Å². The summed E-state index contributed by atoms with van der Waals surface area (Å²) in [6.45, 7) is 5.61. The summed E-state index contributed by atoms with van der Waals surface area (Å²) in [5.41, 5.74) is 0. The first kappa shape index (κ1) is 12.1. The van der Waals surface area contributed by atoms with Crippen LogP contribution in [0.5, 0.6) is 0 Å². The highest BCUT2D eigenvalue weighted by Crippen LogP contribution is 2.15. The monoisotopic (exact) mass is 186 g/mol. The van der Waals surface area contributed by atoms with E-state index in [1.54, 1.807) is 0 Å². The van der Waals surface area contributed by atoms with Gasteiger partial charge in [-0.15, -0.1) is 0 Å². The second kappa shape index (κ2) is 5.73. The van der Waals surface area contributed by atoms with Crippen LogP contribution in [0.25, 0.3) is 0 Å². The molecule has 0 aromatic heterocycles. The fourth-order valence-corrected chi connectivity index (χ4v) is 1.20. The van der Waals surface area contributed by atoms with E-state index >= 15 is 0 Å². The van der Waals surface area contributed by atoms with Crippen LogP contribution in [0.1, 0.15) is 33.6 Å². The number of esters is 1. The Morgan fingerprint density at radius 3 is 2.15 bits per heavy atom. The molecule has 1 atom stereocenters. The number of ether oxygens (including phenoxy) is 1. The molecule has 0 aromatic carbocycles. The second-order valence-electron chi connectivity index (χ2n) is 3.44. The molecule has 0 heterocycles. The average Bonchev–Trinajstić information content (AvgIpc) is 2.12. The minimum absolute atomic E-state index is 0.00499. The van der Waals surface area contributed by atoms with Crippen LogP contribution >= 0.6 is 0 Å². The molecule has 0 aliphatic rings. The molecular formula is C10H18O3. The lowest BCUT2D eigenvalue weighted by Gasteiger charge is -2.14. The van der Waals surface area contributed by atoms with Crippen LogP contribution in [-0.2, 0) is 14.3 Å². The zero-order chi connectivity index (χ0) is 10.4. The number of hydrogen-bond donors (Lipinski definition) is 0. The molecule has 0 saturated carbocycles. The van der Waals surface area contributed by atoms with Gasteiger partial charge in [-0.1, -0.05) is 20.8 Å². The van der Waals surface area contributed by atoms with Crippen LogP contribution in [0, 0.1) is 11.8 Å². The molecule has 0 fully saturated rings. The van der Waals surface area contributed by atoms with Gasteiger partial charge in [0.1, 0.15) is 5.78 Å². The Kier molecular flexibility index (Phi) is 5.35. The number of carbonyl (C=O) groups is 2. The smallest absolute Gasteiger partial charge is 0.306 e. The summed E-state index contributed by atoms with van der Waals surface area (Å²) in [7, 11) is 1.34. The predicted molar refractivity (Wildman–Crippen MR) is 50.3 cm³/mol. The van der Waals surface area contributed by atoms with Gasteiger partial charge in [0.25, 0.3) is 0 Å². The van der Waals surface area contributed by atoms with Gasteiger partial charge in [0, 0.05) is 11.8 Å². The molecule has 3 heteroatoms. The maximum atomic E-state index is 11.5. The van der Waals surface area contributed by atoms with Crippen molar-refractivity contribution in [1.82, 2.24) is 0 Å². The van der Waals surface area contributed by atoms with Crippen molar-refractivity contribution in [3.05, 3.63) is 0 Å². The standard InChI is InChI=1S/C10H18O3/c1-5-8(6-9(11)13-4)10(12)7(2)3/h7-8H,5-6H2,1-4H3/t8-/m0/s1. The van der Waals surface area contributed by atoms with Crippen LogP contribution in [-0.4, -0.2) is 18.9 Å². The number of methoxy groups -OCH3 is 1. The zero-order valence-electron chi connectivity index (χ0n) is 8.79. The molecule has 76 valence electrons. The predicted octanol–water partition coefficient (Wildman–Crippen LogP) is 1.80. The maximum absolute atomic E-state index is 11.5. The van der Waals surface area contributed by atoms with E-state index in [1.807, 2.05) is 20.8 Å². The van der Waals surface area contributed by atoms with E-state index in [0.717, 1.165) is 0 Å². The molecule has 0 unspecified atom stereocenters. The molecule has 0 aromatic rings. The van der Waals surface area contributed by atoms with Crippen LogP contribution in [0.2, 0.25) is 0 Å². The Morgan fingerprint density at radius 2 is 1.85 bits per heavy atom. The molecule has 0 amide bonds. The maximum Gasteiger partial charge on any atom is 0.306 e. The SMILES string of the molecule is CC[C@@H](CC(=O)OC)C(=O)C(C)C. The van der Waals surface area contributed by atoms with E-state index in [-0.39, 0.29) is 30.0 Å². The zero-order valence-corrected chi connectivity index (χ0v) is 8.79. The van der Waals surface area contributed by atoms with Gasteiger partial charge in [-0.25, -0.2) is 0 Å². The first-order valence-corrected chi connectivity index (χ1v) is 4.63. The molecule has 0 aliphatic carbocycles. The Bertz CT molecular complexity index is 185. The fraction of sp³-hybridized carbons (Fsp3) is 0.800. The largest absolute Gasteiger partial charge is 0.469 e. The Balaban J connectivity index is 4.18. The number of rotatable bonds is 5. The van der Waals surface area contributed by atoms with Crippen molar-refractivity contribution in [3.63, 3.8) is 0 Å². The summed E-state index contributed by atoms with van der Waals surface area (Å²) in [6.07, 6.45) is 0.913. The number of ketones is 1. The van der Waals surface area contributed by atoms with Crippen molar-refractivity contribution in [2.24, 2.45) is 11.8 Å². The summed E-state index contributed by atoms with van der Waals surface area (Å²) >= 11 is 0. The Morgan fingerprint density at radius 1 is 1.31 bits per heavy atom. The second-order valence-corrected chi connectivity index (χ2v) is 3.44. The number of hydrogen-bond acceptors (Lipinski definition) is 3. The van der Waals surface area contributed by atoms with E-state index < -0.39 is 0 Å². The first-order valence-electron chi connectivity index (χ1n) is 4.63. The lowest BCUT2D eigenvalue weighted by molar-refractivity contribution is -0.144. The highest BCUT2D eigenvalue weighted by molar-refractivity contribution is 5.86. The van der Waals surface area contributed by atoms with Crippen molar-refractivity contribution in [3.8, 4) is 0 Å². The Hall–Kier alpha value is -0.860. The lowest BCUT2D eigenvalue weighted by atomic mass is 9.90. The third-order valence-corrected chi connectivity index (χ3v) is 2.10. The minimum atomic E-state index is -0.305. The number of carbonyl (C=O) groups excluding carboxylic acids is 2. The molecular weight excluding hydrogens is 168 g/mol. The quantitative estimate of drug-likeness (QED) is 0.615. The molecule has 0 radical (unpaired) electrons. The minimum Gasteiger partial charge on any atom is -0.469 e. The summed E-state index contributed by atoms with van der Waals surface area (Å²) in [5, 5.41) is 0. The summed E-state index contributed by atoms with van der Waals surface area (Å²) in [6, 6.07) is 0. The van der Waals surface area contributed by atoms with E-state index in [2.05, 4.69) is 4.74 Å². The van der Waals surface area contributed by atoms with Gasteiger partial charge in [0.15, 0.2) is 0 Å². The van der Waals surface area contributed by atoms with Crippen molar-refractivity contribution in [2.45, 2.75) is 33.6 Å². The highest BCUT2D eigenvalue weighted by Gasteiger charge is 2.22. The topological polar surface area (TPSA) is 43.4 Å². The van der Waals surface area contributed by atoms with Crippen LogP contribution in [0.3, 0.4) is 0 Å². The molecule has 3 nitrogen and oxygen atoms in total. The van der Waals surface area contributed by atoms with Crippen molar-refractivity contribution in [1.29, 1.82) is 0 Å². The van der Waals surface area contributed by atoms with E-state index in [1.165, 1.54) is 7.11 Å². The molecule has 0 aliphatic heterocycles. The van der Waals surface area contributed by atoms with E-state index in [0.29, 0.717) is 6.42 Å². The fourth-order valence-electron chi connectivity index (χ4n) is 1.20. The van der Waals surface area contributed by atoms with Gasteiger partial charge in [-0.3, -0.25) is 9.59 Å². The first-order chi connectivity index (χ1) is 6.02. The summed E-state index contributed by atoms with van der Waals surface area (Å²) in [4.78, 5) is 22.5. The van der Waals surface area contributed by atoms with Gasteiger partial charge in [0.05, 0.1) is 13.5 Å². The molecule has 0 spiro atoms. The summed E-state index contributed by atoms with van der Waals surface area (Å²) < 4.78 is 4.52. The molecule has 0 rings (SSSR count). The average molecular weight is 186 g/mol. The van der Waals surface area contributed by atoms with Gasteiger partial charge >= 0.3 is 5.97 Å². The Labute approximate surface area is 79.5 Å². The van der Waals surface area contributed by atoms with E-state index in [4.69, 9.17) is 0 Å². The lowest BCUT2D eigenvalue weighted by Crippen LogP contribution is -2.22. The van der Waals surface area contributed by atoms with Crippen LogP contribution in [0.15, 0.2) is 0 Å². The molecule has 0 bridgehead atoms. The van der Waals surface area contributed by atoms with Gasteiger partial charge in [-0.2, -0.15) is 0 Å². The van der Waals surface area contributed by atoms with Gasteiger partial charge in [0.2, 0.25) is 0 Å². The van der Waals surface area contributed by atoms with Crippen LogP contribution < -0.4 is 0 Å². The van der Waals surface area contributed by atoms with E-state index in [9.17, 15) is 9.59 Å².